The van der Waals surface area contributed by atoms with Gasteiger partial charge >= 0.3 is 6.03 Å². The summed E-state index contributed by atoms with van der Waals surface area (Å²) in [6.07, 6.45) is 2.01. The Morgan fingerprint density at radius 2 is 2.17 bits per heavy atom. The van der Waals surface area contributed by atoms with Crippen LogP contribution in [-0.4, -0.2) is 28.6 Å². The number of nitrogens with one attached hydrogen (secondary N) is 1. The summed E-state index contributed by atoms with van der Waals surface area (Å²) in [6, 6.07) is 8.02. The van der Waals surface area contributed by atoms with E-state index in [0.717, 1.165) is 30.3 Å². The predicted octanol–water partition coefficient (Wildman–Crippen LogP) is 2.50. The van der Waals surface area contributed by atoms with Crippen molar-refractivity contribution in [3.8, 4) is 0 Å². The van der Waals surface area contributed by atoms with Crippen LogP contribution in [0, 0.1) is 0 Å². The van der Waals surface area contributed by atoms with E-state index < -0.39 is 0 Å². The summed E-state index contributed by atoms with van der Waals surface area (Å²) in [5, 5.41) is 3.92. The van der Waals surface area contributed by atoms with Gasteiger partial charge in [0.15, 0.2) is 0 Å². The van der Waals surface area contributed by atoms with Crippen molar-refractivity contribution in [1.82, 2.24) is 14.8 Å². The summed E-state index contributed by atoms with van der Waals surface area (Å²) in [4.78, 5) is 26.4. The zero-order valence-corrected chi connectivity index (χ0v) is 13.9. The van der Waals surface area contributed by atoms with E-state index in [1.165, 1.54) is 5.56 Å². The Balaban J connectivity index is 1.98. The van der Waals surface area contributed by atoms with Gasteiger partial charge in [0.2, 0.25) is 0 Å². The van der Waals surface area contributed by atoms with Gasteiger partial charge in [0.25, 0.3) is 5.56 Å². The summed E-state index contributed by atoms with van der Waals surface area (Å²) in [6.45, 7) is 4.91. The van der Waals surface area contributed by atoms with Crippen molar-refractivity contribution in [2.24, 2.45) is 0 Å². The van der Waals surface area contributed by atoms with Crippen LogP contribution in [0.2, 0.25) is 0 Å². The molecule has 23 heavy (non-hydrogen) atoms. The molecule has 0 unspecified atom stereocenters. The van der Waals surface area contributed by atoms with E-state index >= 15 is 0 Å². The molecule has 2 aromatic rings. The molecule has 2 amide bonds. The SMILES string of the molecule is CC(C)NC(=O)N(C)Cc1cc2cccc3c2n(c1=O)CCC3. The van der Waals surface area contributed by atoms with Crippen LogP contribution in [0.1, 0.15) is 31.4 Å². The summed E-state index contributed by atoms with van der Waals surface area (Å²) < 4.78 is 1.87. The predicted molar refractivity (Wildman–Crippen MR) is 91.7 cm³/mol. The second-order valence-corrected chi connectivity index (χ2v) is 6.55. The van der Waals surface area contributed by atoms with Crippen LogP contribution < -0.4 is 10.9 Å². The summed E-state index contributed by atoms with van der Waals surface area (Å²) in [7, 11) is 1.72. The maximum atomic E-state index is 12.8. The van der Waals surface area contributed by atoms with Crippen LogP contribution in [0.15, 0.2) is 29.1 Å². The zero-order valence-electron chi connectivity index (χ0n) is 13.9. The third-order valence-corrected chi connectivity index (χ3v) is 4.26. The number of aromatic nitrogens is 1. The maximum absolute atomic E-state index is 12.8. The lowest BCUT2D eigenvalue weighted by Gasteiger charge is -2.23. The van der Waals surface area contributed by atoms with Crippen molar-refractivity contribution in [1.29, 1.82) is 0 Å². The summed E-state index contributed by atoms with van der Waals surface area (Å²) in [5.74, 6) is 0. The van der Waals surface area contributed by atoms with Crippen LogP contribution in [0.25, 0.3) is 10.9 Å². The van der Waals surface area contributed by atoms with E-state index in [2.05, 4.69) is 11.4 Å². The largest absolute Gasteiger partial charge is 0.336 e. The summed E-state index contributed by atoms with van der Waals surface area (Å²) >= 11 is 0. The van der Waals surface area contributed by atoms with Gasteiger partial charge in [-0.2, -0.15) is 0 Å². The molecule has 0 bridgehead atoms. The quantitative estimate of drug-likeness (QED) is 0.946. The van der Waals surface area contributed by atoms with Crippen molar-refractivity contribution >= 4 is 16.9 Å². The number of nitrogens with zero attached hydrogens (tertiary/aromatic N) is 2. The van der Waals surface area contributed by atoms with E-state index in [4.69, 9.17) is 0 Å². The highest BCUT2D eigenvalue weighted by Gasteiger charge is 2.18. The Morgan fingerprint density at radius 3 is 2.91 bits per heavy atom. The maximum Gasteiger partial charge on any atom is 0.317 e. The minimum absolute atomic E-state index is 0.0221. The lowest BCUT2D eigenvalue weighted by Crippen LogP contribution is -2.41. The van der Waals surface area contributed by atoms with Crippen LogP contribution in [0.4, 0.5) is 4.79 Å². The summed E-state index contributed by atoms with van der Waals surface area (Å²) in [5.41, 5.74) is 2.98. The first kappa shape index (κ1) is 15.6. The molecule has 5 nitrogen and oxygen atoms in total. The average Bonchev–Trinajstić information content (AvgIpc) is 2.51. The Kier molecular flexibility index (Phi) is 4.11. The monoisotopic (exact) mass is 313 g/mol. The van der Waals surface area contributed by atoms with Gasteiger partial charge in [0, 0.05) is 25.2 Å². The lowest BCUT2D eigenvalue weighted by molar-refractivity contribution is 0.204. The van der Waals surface area contributed by atoms with E-state index in [9.17, 15) is 9.59 Å². The van der Waals surface area contributed by atoms with Crippen LogP contribution in [-0.2, 0) is 19.5 Å². The molecular weight excluding hydrogens is 290 g/mol. The molecular formula is C18H23N3O2. The van der Waals surface area contributed by atoms with Crippen molar-refractivity contribution in [3.05, 3.63) is 45.7 Å². The first-order valence-corrected chi connectivity index (χ1v) is 8.13. The van der Waals surface area contributed by atoms with E-state index in [0.29, 0.717) is 12.1 Å². The molecule has 1 aromatic carbocycles. The van der Waals surface area contributed by atoms with Crippen molar-refractivity contribution in [2.75, 3.05) is 7.05 Å². The minimum Gasteiger partial charge on any atom is -0.336 e. The highest BCUT2D eigenvalue weighted by atomic mass is 16.2. The number of benzene rings is 1. The molecule has 1 N–H and O–H groups in total. The van der Waals surface area contributed by atoms with E-state index in [1.54, 1.807) is 11.9 Å². The number of rotatable bonds is 3. The third-order valence-electron chi connectivity index (χ3n) is 4.26. The fourth-order valence-corrected chi connectivity index (χ4v) is 3.22. The Bertz CT molecular complexity index is 808. The third kappa shape index (κ3) is 2.96. The molecule has 1 aliphatic heterocycles. The number of para-hydroxylation sites is 1. The van der Waals surface area contributed by atoms with Crippen LogP contribution in [0.3, 0.4) is 0 Å². The Labute approximate surface area is 135 Å². The molecule has 1 aromatic heterocycles. The van der Waals surface area contributed by atoms with Gasteiger partial charge in [-0.05, 0) is 43.7 Å². The number of pyridine rings is 1. The van der Waals surface area contributed by atoms with Gasteiger partial charge in [0.1, 0.15) is 0 Å². The highest BCUT2D eigenvalue weighted by molar-refractivity contribution is 5.83. The number of urea groups is 1. The Morgan fingerprint density at radius 1 is 1.39 bits per heavy atom. The number of carbonyl (C=O) groups is 1. The second kappa shape index (κ2) is 6.07. The second-order valence-electron chi connectivity index (χ2n) is 6.55. The molecule has 1 aliphatic rings. The highest BCUT2D eigenvalue weighted by Crippen LogP contribution is 2.24. The molecule has 5 heteroatoms. The molecule has 3 rings (SSSR count). The van der Waals surface area contributed by atoms with Gasteiger partial charge in [-0.1, -0.05) is 18.2 Å². The van der Waals surface area contributed by atoms with Crippen molar-refractivity contribution in [3.63, 3.8) is 0 Å². The zero-order chi connectivity index (χ0) is 16.6. The lowest BCUT2D eigenvalue weighted by atomic mass is 10.00. The number of amides is 2. The molecule has 0 saturated heterocycles. The molecule has 0 spiro atoms. The van der Waals surface area contributed by atoms with Gasteiger partial charge < -0.3 is 14.8 Å². The molecule has 0 aliphatic carbocycles. The van der Waals surface area contributed by atoms with Crippen molar-refractivity contribution < 1.29 is 4.79 Å². The van der Waals surface area contributed by atoms with Crippen LogP contribution in [0.5, 0.6) is 0 Å². The van der Waals surface area contributed by atoms with E-state index in [1.807, 2.05) is 36.6 Å². The first-order chi connectivity index (χ1) is 11.0. The van der Waals surface area contributed by atoms with Gasteiger partial charge in [0.05, 0.1) is 12.1 Å². The number of carbonyl (C=O) groups excluding carboxylic acids is 1. The normalized spacial score (nSPS) is 13.4. The molecule has 2 heterocycles. The first-order valence-electron chi connectivity index (χ1n) is 8.13. The molecule has 0 saturated carbocycles. The van der Waals surface area contributed by atoms with Crippen molar-refractivity contribution in [2.45, 2.75) is 45.8 Å². The number of hydrogen-bond acceptors (Lipinski definition) is 2. The fourth-order valence-electron chi connectivity index (χ4n) is 3.22. The minimum atomic E-state index is -0.160. The fraction of sp³-hybridized carbons (Fsp3) is 0.444. The standard InChI is InChI=1S/C18H23N3O2/c1-12(2)19-18(23)20(3)11-15-10-14-7-4-6-13-8-5-9-21(16(13)14)17(15)22/h4,6-7,10,12H,5,8-9,11H2,1-3H3,(H,19,23). The average molecular weight is 313 g/mol. The van der Waals surface area contributed by atoms with Crippen LogP contribution >= 0.6 is 0 Å². The van der Waals surface area contributed by atoms with Gasteiger partial charge in [-0.25, -0.2) is 4.79 Å². The number of aryl methyl sites for hydroxylation is 2. The van der Waals surface area contributed by atoms with E-state index in [-0.39, 0.29) is 17.6 Å². The van der Waals surface area contributed by atoms with Gasteiger partial charge in [-0.15, -0.1) is 0 Å². The smallest absolute Gasteiger partial charge is 0.317 e. The van der Waals surface area contributed by atoms with Gasteiger partial charge in [-0.3, -0.25) is 4.79 Å². The number of hydrogen-bond donors (Lipinski definition) is 1. The molecule has 122 valence electrons. The molecule has 0 fully saturated rings. The topological polar surface area (TPSA) is 54.3 Å². The Hall–Kier alpha value is -2.30. The molecule has 0 atom stereocenters. The molecule has 0 radical (unpaired) electrons.